The van der Waals surface area contributed by atoms with E-state index in [9.17, 15) is 0 Å². The standard InChI is InChI=1S/C38H71N3/c1-6-8-10-12-14-16-18-20-22-24-26-28-30-32-34-38(39-41(5)37-36-40(3)4)35-33-31-29-27-25-23-21-19-17-15-13-11-9-7-2/h10-13,16-19H,6-9,14-15,20-37H2,1-5H3/b12-10-,13-11-,18-16-,19-17-. The van der Waals surface area contributed by atoms with Crippen LogP contribution in [0.3, 0.4) is 0 Å². The molecule has 3 nitrogen and oxygen atoms in total. The van der Waals surface area contributed by atoms with Crippen LogP contribution in [0.15, 0.2) is 53.7 Å². The molecule has 41 heavy (non-hydrogen) atoms. The van der Waals surface area contributed by atoms with Gasteiger partial charge in [-0.15, -0.1) is 0 Å². The molecule has 0 aromatic rings. The third-order valence-corrected chi connectivity index (χ3v) is 7.48. The Morgan fingerprint density at radius 3 is 1.27 bits per heavy atom. The van der Waals surface area contributed by atoms with Crippen molar-refractivity contribution in [3.05, 3.63) is 48.6 Å². The van der Waals surface area contributed by atoms with E-state index in [4.69, 9.17) is 5.10 Å². The van der Waals surface area contributed by atoms with Crippen LogP contribution in [0.4, 0.5) is 0 Å². The van der Waals surface area contributed by atoms with Gasteiger partial charge in [0, 0.05) is 25.8 Å². The molecule has 0 saturated carbocycles. The second kappa shape index (κ2) is 32.9. The number of hydrogen-bond acceptors (Lipinski definition) is 3. The number of rotatable bonds is 30. The van der Waals surface area contributed by atoms with E-state index in [1.165, 1.54) is 134 Å². The van der Waals surface area contributed by atoms with Crippen LogP contribution < -0.4 is 0 Å². The Balaban J connectivity index is 4.05. The highest BCUT2D eigenvalue weighted by Crippen LogP contribution is 2.14. The van der Waals surface area contributed by atoms with Crippen LogP contribution in [0.5, 0.6) is 0 Å². The molecular weight excluding hydrogens is 498 g/mol. The molecule has 238 valence electrons. The lowest BCUT2D eigenvalue weighted by Gasteiger charge is -2.18. The van der Waals surface area contributed by atoms with E-state index in [-0.39, 0.29) is 0 Å². The van der Waals surface area contributed by atoms with E-state index in [0.29, 0.717) is 0 Å². The van der Waals surface area contributed by atoms with Crippen molar-refractivity contribution in [1.29, 1.82) is 0 Å². The first-order valence-corrected chi connectivity index (χ1v) is 17.6. The zero-order chi connectivity index (χ0) is 30.1. The molecule has 0 aliphatic carbocycles. The fourth-order valence-electron chi connectivity index (χ4n) is 4.80. The molecule has 0 saturated heterocycles. The molecule has 0 aliphatic heterocycles. The Labute approximate surface area is 258 Å². The van der Waals surface area contributed by atoms with Crippen LogP contribution in [0.25, 0.3) is 0 Å². The molecular formula is C38H71N3. The summed E-state index contributed by atoms with van der Waals surface area (Å²) in [7, 11) is 6.43. The van der Waals surface area contributed by atoms with Crippen molar-refractivity contribution in [2.75, 3.05) is 34.2 Å². The Kier molecular flexibility index (Phi) is 31.6. The molecule has 0 radical (unpaired) electrons. The summed E-state index contributed by atoms with van der Waals surface area (Å²) in [5.41, 5.74) is 1.43. The lowest BCUT2D eigenvalue weighted by molar-refractivity contribution is 0.291. The summed E-state index contributed by atoms with van der Waals surface area (Å²) < 4.78 is 0. The van der Waals surface area contributed by atoms with Gasteiger partial charge in [0.1, 0.15) is 0 Å². The van der Waals surface area contributed by atoms with Crippen LogP contribution in [0.2, 0.25) is 0 Å². The maximum Gasteiger partial charge on any atom is 0.0484 e. The summed E-state index contributed by atoms with van der Waals surface area (Å²) in [6, 6.07) is 0. The number of hydrogen-bond donors (Lipinski definition) is 0. The molecule has 0 rings (SSSR count). The van der Waals surface area contributed by atoms with E-state index >= 15 is 0 Å². The van der Waals surface area contributed by atoms with E-state index < -0.39 is 0 Å². The van der Waals surface area contributed by atoms with E-state index in [1.54, 1.807) is 0 Å². The maximum absolute atomic E-state index is 5.05. The van der Waals surface area contributed by atoms with Crippen molar-refractivity contribution in [1.82, 2.24) is 9.91 Å². The Morgan fingerprint density at radius 1 is 0.463 bits per heavy atom. The Hall–Kier alpha value is -1.61. The van der Waals surface area contributed by atoms with Crippen molar-refractivity contribution in [2.45, 2.75) is 155 Å². The number of allylic oxidation sites excluding steroid dienone is 8. The zero-order valence-corrected chi connectivity index (χ0v) is 28.4. The van der Waals surface area contributed by atoms with Crippen molar-refractivity contribution in [3.63, 3.8) is 0 Å². The van der Waals surface area contributed by atoms with Gasteiger partial charge in [0.05, 0.1) is 0 Å². The SMILES string of the molecule is CCC/C=C\C/C=C\CCCCCCCCC(CCCCCCCC/C=C\C/C=C\CCC)=NN(C)CCN(C)C. The molecule has 0 spiro atoms. The van der Waals surface area contributed by atoms with Crippen molar-refractivity contribution in [2.24, 2.45) is 5.10 Å². The highest BCUT2D eigenvalue weighted by atomic mass is 15.4. The van der Waals surface area contributed by atoms with Crippen LogP contribution in [0, 0.1) is 0 Å². The first-order chi connectivity index (χ1) is 20.1. The molecule has 0 atom stereocenters. The lowest BCUT2D eigenvalue weighted by Crippen LogP contribution is -2.26. The number of likely N-dealkylation sites (N-methyl/N-ethyl adjacent to an activating group) is 2. The van der Waals surface area contributed by atoms with E-state index in [1.807, 2.05) is 0 Å². The van der Waals surface area contributed by atoms with Gasteiger partial charge in [0.15, 0.2) is 0 Å². The summed E-state index contributed by atoms with van der Waals surface area (Å²) in [4.78, 5) is 2.24. The molecule has 0 bridgehead atoms. The molecule has 0 aliphatic rings. The van der Waals surface area contributed by atoms with Gasteiger partial charge in [0.25, 0.3) is 0 Å². The molecule has 0 aromatic carbocycles. The van der Waals surface area contributed by atoms with Crippen LogP contribution in [-0.4, -0.2) is 49.9 Å². The molecule has 0 heterocycles. The largest absolute Gasteiger partial charge is 0.308 e. The van der Waals surface area contributed by atoms with E-state index in [2.05, 4.69) is 93.5 Å². The Morgan fingerprint density at radius 2 is 0.854 bits per heavy atom. The van der Waals surface area contributed by atoms with Gasteiger partial charge in [-0.2, -0.15) is 5.10 Å². The quantitative estimate of drug-likeness (QED) is 0.0371. The molecule has 3 heteroatoms. The summed E-state index contributed by atoms with van der Waals surface area (Å²) in [6.07, 6.45) is 46.8. The zero-order valence-electron chi connectivity index (χ0n) is 28.4. The second-order valence-corrected chi connectivity index (χ2v) is 12.1. The number of nitrogens with zero attached hydrogens (tertiary/aromatic N) is 3. The predicted molar refractivity (Wildman–Crippen MR) is 188 cm³/mol. The first kappa shape index (κ1) is 39.4. The van der Waals surface area contributed by atoms with Gasteiger partial charge in [0.2, 0.25) is 0 Å². The molecule has 0 aromatic heterocycles. The minimum absolute atomic E-state index is 1.00. The van der Waals surface area contributed by atoms with Crippen molar-refractivity contribution < 1.29 is 0 Å². The molecule has 0 unspecified atom stereocenters. The second-order valence-electron chi connectivity index (χ2n) is 12.1. The topological polar surface area (TPSA) is 18.8 Å². The third-order valence-electron chi connectivity index (χ3n) is 7.48. The van der Waals surface area contributed by atoms with Crippen LogP contribution in [-0.2, 0) is 0 Å². The highest BCUT2D eigenvalue weighted by Gasteiger charge is 2.04. The van der Waals surface area contributed by atoms with Gasteiger partial charge in [-0.25, -0.2) is 0 Å². The molecule has 0 amide bonds. The summed E-state index contributed by atoms with van der Waals surface area (Å²) in [6.45, 7) is 6.53. The predicted octanol–water partition coefficient (Wildman–Crippen LogP) is 11.7. The number of unbranched alkanes of at least 4 members (excludes halogenated alkanes) is 14. The lowest BCUT2D eigenvalue weighted by atomic mass is 10.0. The monoisotopic (exact) mass is 570 g/mol. The normalized spacial score (nSPS) is 12.2. The van der Waals surface area contributed by atoms with Crippen molar-refractivity contribution >= 4 is 5.71 Å². The van der Waals surface area contributed by atoms with Gasteiger partial charge in [-0.1, -0.05) is 127 Å². The summed E-state index contributed by atoms with van der Waals surface area (Å²) in [5.74, 6) is 0. The van der Waals surface area contributed by atoms with Crippen molar-refractivity contribution in [3.8, 4) is 0 Å². The third kappa shape index (κ3) is 32.8. The van der Waals surface area contributed by atoms with E-state index in [0.717, 1.165) is 25.9 Å². The van der Waals surface area contributed by atoms with Crippen LogP contribution >= 0.6 is 0 Å². The molecule has 0 fully saturated rings. The number of hydrazone groups is 1. The van der Waals surface area contributed by atoms with Gasteiger partial charge >= 0.3 is 0 Å². The minimum Gasteiger partial charge on any atom is -0.308 e. The highest BCUT2D eigenvalue weighted by molar-refractivity contribution is 5.84. The fraction of sp³-hybridized carbons (Fsp3) is 0.763. The minimum atomic E-state index is 1.00. The maximum atomic E-state index is 5.05. The average molecular weight is 570 g/mol. The fourth-order valence-corrected chi connectivity index (χ4v) is 4.80. The van der Waals surface area contributed by atoms with Gasteiger partial charge < -0.3 is 4.90 Å². The Bertz CT molecular complexity index is 625. The van der Waals surface area contributed by atoms with Gasteiger partial charge in [-0.05, 0) is 91.1 Å². The summed E-state index contributed by atoms with van der Waals surface area (Å²) >= 11 is 0. The van der Waals surface area contributed by atoms with Gasteiger partial charge in [-0.3, -0.25) is 5.01 Å². The smallest absolute Gasteiger partial charge is 0.0484 e. The summed E-state index contributed by atoms with van der Waals surface area (Å²) in [5, 5.41) is 7.22. The first-order valence-electron chi connectivity index (χ1n) is 17.6. The average Bonchev–Trinajstić information content (AvgIpc) is 2.96. The van der Waals surface area contributed by atoms with Crippen LogP contribution in [0.1, 0.15) is 155 Å². The molecule has 0 N–H and O–H groups in total.